The Hall–Kier alpha value is -2.21. The molecule has 7 heteroatoms. The molecule has 0 bridgehead atoms. The molecule has 0 saturated heterocycles. The van der Waals surface area contributed by atoms with Gasteiger partial charge in [0, 0.05) is 29.2 Å². The first-order valence-electron chi connectivity index (χ1n) is 7.62. The van der Waals surface area contributed by atoms with E-state index in [1.165, 1.54) is 5.56 Å². The third kappa shape index (κ3) is 4.89. The normalized spacial score (nSPS) is 10.5. The van der Waals surface area contributed by atoms with E-state index in [1.807, 2.05) is 13.1 Å². The first-order chi connectivity index (χ1) is 11.3. The smallest absolute Gasteiger partial charge is 0.221 e. The number of anilines is 1. The van der Waals surface area contributed by atoms with Gasteiger partial charge in [-0.05, 0) is 34.1 Å². The van der Waals surface area contributed by atoms with E-state index in [-0.39, 0.29) is 11.1 Å². The third-order valence-electron chi connectivity index (χ3n) is 3.38. The van der Waals surface area contributed by atoms with Gasteiger partial charge in [0.05, 0.1) is 12.8 Å². The number of pyridine rings is 1. The predicted molar refractivity (Wildman–Crippen MR) is 99.7 cm³/mol. The van der Waals surface area contributed by atoms with Crippen LogP contribution in [0.15, 0.2) is 11.2 Å². The Morgan fingerprint density at radius 3 is 2.46 bits per heavy atom. The van der Waals surface area contributed by atoms with E-state index in [0.717, 1.165) is 23.4 Å². The Labute approximate surface area is 148 Å². The predicted octanol–water partition coefficient (Wildman–Crippen LogP) is 4.01. The van der Waals surface area contributed by atoms with Gasteiger partial charge in [0.15, 0.2) is 5.15 Å². The van der Waals surface area contributed by atoms with E-state index >= 15 is 0 Å². The molecule has 2 aromatic rings. The lowest BCUT2D eigenvalue weighted by atomic mass is 10.1. The molecule has 0 amide bonds. The first kappa shape index (κ1) is 19.8. The van der Waals surface area contributed by atoms with Gasteiger partial charge in [-0.3, -0.25) is 9.98 Å². The summed E-state index contributed by atoms with van der Waals surface area (Å²) < 4.78 is 5.28. The number of hydrogen-bond acceptors (Lipinski definition) is 6. The summed E-state index contributed by atoms with van der Waals surface area (Å²) in [5.74, 6) is 1.15. The summed E-state index contributed by atoms with van der Waals surface area (Å²) in [5, 5.41) is 0.290. The second-order valence-corrected chi connectivity index (χ2v) is 5.45. The number of aryl methyl sites for hydroxylation is 3. The summed E-state index contributed by atoms with van der Waals surface area (Å²) in [6.07, 6.45) is 4.46. The number of halogens is 1. The molecule has 0 saturated carbocycles. The summed E-state index contributed by atoms with van der Waals surface area (Å²) in [4.78, 5) is 16.0. The van der Waals surface area contributed by atoms with E-state index in [4.69, 9.17) is 22.1 Å². The molecule has 0 aliphatic carbocycles. The molecule has 24 heavy (non-hydrogen) atoms. The van der Waals surface area contributed by atoms with Gasteiger partial charge in [0.25, 0.3) is 0 Å². The number of nitrogens with two attached hydrogens (primary N) is 1. The molecule has 0 aliphatic rings. The minimum atomic E-state index is 0.174. The quantitative estimate of drug-likeness (QED) is 0.668. The molecular formula is C17H24ClN5O. The molecule has 0 aromatic carbocycles. The van der Waals surface area contributed by atoms with Gasteiger partial charge in [-0.1, -0.05) is 18.5 Å². The van der Waals surface area contributed by atoms with E-state index in [1.54, 1.807) is 27.2 Å². The monoisotopic (exact) mass is 349 g/mol. The van der Waals surface area contributed by atoms with Crippen LogP contribution in [0.25, 0.3) is 0 Å². The zero-order valence-electron chi connectivity index (χ0n) is 15.0. The van der Waals surface area contributed by atoms with Gasteiger partial charge in [0.1, 0.15) is 11.4 Å². The molecule has 0 aliphatic heterocycles. The Balaban J connectivity index is 0.000000240. The van der Waals surface area contributed by atoms with E-state index < -0.39 is 0 Å². The minimum Gasteiger partial charge on any atom is -0.496 e. The van der Waals surface area contributed by atoms with Gasteiger partial charge in [-0.2, -0.15) is 4.98 Å². The van der Waals surface area contributed by atoms with Crippen molar-refractivity contribution < 1.29 is 4.74 Å². The SMILES string of the molecule is CC=Nc1c(C)nc(N)nc1Cl.CCc1ncc(C)c(OC)c1C. The van der Waals surface area contributed by atoms with Crippen molar-refractivity contribution in [3.63, 3.8) is 0 Å². The summed E-state index contributed by atoms with van der Waals surface area (Å²) >= 11 is 5.77. The summed E-state index contributed by atoms with van der Waals surface area (Å²) in [7, 11) is 1.70. The van der Waals surface area contributed by atoms with Crippen molar-refractivity contribution in [2.45, 2.75) is 41.0 Å². The van der Waals surface area contributed by atoms with Crippen LogP contribution < -0.4 is 10.5 Å². The zero-order chi connectivity index (χ0) is 18.3. The number of aliphatic imine (C=N–C) groups is 1. The molecule has 0 fully saturated rings. The lowest BCUT2D eigenvalue weighted by Gasteiger charge is -2.10. The van der Waals surface area contributed by atoms with Crippen molar-refractivity contribution in [1.82, 2.24) is 15.0 Å². The molecule has 6 nitrogen and oxygen atoms in total. The molecule has 0 atom stereocenters. The van der Waals surface area contributed by atoms with Gasteiger partial charge >= 0.3 is 0 Å². The maximum Gasteiger partial charge on any atom is 0.221 e. The van der Waals surface area contributed by atoms with Crippen LogP contribution in [-0.2, 0) is 6.42 Å². The number of nitrogens with zero attached hydrogens (tertiary/aromatic N) is 4. The fraction of sp³-hybridized carbons (Fsp3) is 0.412. The van der Waals surface area contributed by atoms with Crippen LogP contribution >= 0.6 is 11.6 Å². The van der Waals surface area contributed by atoms with Crippen molar-refractivity contribution in [3.05, 3.63) is 33.9 Å². The standard InChI is InChI=1S/C10H15NO.C7H9ClN4/c1-5-9-8(3)10(12-4)7(2)6-11-9;1-3-10-5-4(2)11-7(9)12-6(5)8/h6H,5H2,1-4H3;3H,1-2H3,(H2,9,11,12). The van der Waals surface area contributed by atoms with Gasteiger partial charge in [0.2, 0.25) is 5.95 Å². The van der Waals surface area contributed by atoms with Gasteiger partial charge in [-0.25, -0.2) is 4.98 Å². The maximum atomic E-state index is 5.77. The Bertz CT molecular complexity index is 708. The van der Waals surface area contributed by atoms with Crippen LogP contribution in [0.5, 0.6) is 5.75 Å². The van der Waals surface area contributed by atoms with Crippen molar-refractivity contribution in [1.29, 1.82) is 0 Å². The van der Waals surface area contributed by atoms with E-state index in [2.05, 4.69) is 33.8 Å². The molecule has 0 unspecified atom stereocenters. The number of aromatic nitrogens is 3. The number of methoxy groups -OCH3 is 1. The topological polar surface area (TPSA) is 86.3 Å². The van der Waals surface area contributed by atoms with Crippen LogP contribution in [0, 0.1) is 20.8 Å². The van der Waals surface area contributed by atoms with Gasteiger partial charge < -0.3 is 10.5 Å². The van der Waals surface area contributed by atoms with E-state index in [0.29, 0.717) is 11.4 Å². The van der Waals surface area contributed by atoms with Crippen molar-refractivity contribution >= 4 is 29.5 Å². The number of nitrogen functional groups attached to an aromatic ring is 1. The Kier molecular flexibility index (Phi) is 7.58. The molecular weight excluding hydrogens is 326 g/mol. The summed E-state index contributed by atoms with van der Waals surface area (Å²) in [6.45, 7) is 9.75. The maximum absolute atomic E-state index is 5.77. The molecule has 2 rings (SSSR count). The second-order valence-electron chi connectivity index (χ2n) is 5.09. The lowest BCUT2D eigenvalue weighted by Crippen LogP contribution is -1.98. The highest BCUT2D eigenvalue weighted by Gasteiger charge is 2.07. The number of ether oxygens (including phenoxy) is 1. The number of hydrogen-bond donors (Lipinski definition) is 1. The highest BCUT2D eigenvalue weighted by molar-refractivity contribution is 6.32. The van der Waals surface area contributed by atoms with Crippen LogP contribution in [0.1, 0.15) is 36.4 Å². The van der Waals surface area contributed by atoms with E-state index in [9.17, 15) is 0 Å². The van der Waals surface area contributed by atoms with Crippen molar-refractivity contribution in [2.24, 2.45) is 4.99 Å². The highest BCUT2D eigenvalue weighted by atomic mass is 35.5. The molecule has 2 aromatic heterocycles. The average molecular weight is 350 g/mol. The molecule has 2 heterocycles. The molecule has 2 N–H and O–H groups in total. The lowest BCUT2D eigenvalue weighted by molar-refractivity contribution is 0.407. The summed E-state index contributed by atoms with van der Waals surface area (Å²) in [5.41, 5.74) is 10.0. The highest BCUT2D eigenvalue weighted by Crippen LogP contribution is 2.25. The molecule has 0 spiro atoms. The Morgan fingerprint density at radius 1 is 1.29 bits per heavy atom. The fourth-order valence-electron chi connectivity index (χ4n) is 2.26. The largest absolute Gasteiger partial charge is 0.496 e. The first-order valence-corrected chi connectivity index (χ1v) is 8.00. The minimum absolute atomic E-state index is 0.174. The van der Waals surface area contributed by atoms with Crippen LogP contribution in [0.2, 0.25) is 5.15 Å². The fourth-order valence-corrected chi connectivity index (χ4v) is 2.53. The third-order valence-corrected chi connectivity index (χ3v) is 3.64. The van der Waals surface area contributed by atoms with Crippen LogP contribution in [-0.4, -0.2) is 28.3 Å². The summed E-state index contributed by atoms with van der Waals surface area (Å²) in [6, 6.07) is 0. The average Bonchev–Trinajstić information content (AvgIpc) is 2.52. The van der Waals surface area contributed by atoms with Crippen LogP contribution in [0.3, 0.4) is 0 Å². The Morgan fingerprint density at radius 2 is 1.96 bits per heavy atom. The second kappa shape index (κ2) is 9.17. The van der Waals surface area contributed by atoms with Crippen LogP contribution in [0.4, 0.5) is 11.6 Å². The molecule has 0 radical (unpaired) electrons. The zero-order valence-corrected chi connectivity index (χ0v) is 15.8. The molecule has 130 valence electrons. The van der Waals surface area contributed by atoms with Crippen molar-refractivity contribution in [2.75, 3.05) is 12.8 Å². The van der Waals surface area contributed by atoms with Gasteiger partial charge in [-0.15, -0.1) is 0 Å². The number of rotatable bonds is 3. The van der Waals surface area contributed by atoms with Crippen molar-refractivity contribution in [3.8, 4) is 5.75 Å².